The highest BCUT2D eigenvalue weighted by molar-refractivity contribution is 7.88. The van der Waals surface area contributed by atoms with Crippen LogP contribution in [-0.4, -0.2) is 58.2 Å². The topological polar surface area (TPSA) is 79.0 Å². The molecule has 1 heterocycles. The molecule has 2 aromatic carbocycles. The molecule has 1 aliphatic heterocycles. The number of methoxy groups -OCH3 is 1. The molecule has 0 spiro atoms. The second kappa shape index (κ2) is 9.91. The van der Waals surface area contributed by atoms with E-state index in [0.717, 1.165) is 5.69 Å². The normalized spacial score (nSPS) is 15.3. The molecule has 1 saturated heterocycles. The van der Waals surface area contributed by atoms with Crippen molar-refractivity contribution in [1.29, 1.82) is 0 Å². The van der Waals surface area contributed by atoms with Crippen molar-refractivity contribution in [1.82, 2.24) is 4.31 Å². The summed E-state index contributed by atoms with van der Waals surface area (Å²) < 4.78 is 30.2. The van der Waals surface area contributed by atoms with E-state index in [-0.39, 0.29) is 5.91 Å². The fraction of sp³-hybridized carbons (Fsp3) is 0.286. The first-order valence-electron chi connectivity index (χ1n) is 9.50. The summed E-state index contributed by atoms with van der Waals surface area (Å²) in [6.07, 6.45) is 4.17. The first-order chi connectivity index (χ1) is 14.7. The SMILES string of the molecule is COc1c(Cl)cc(Cl)cc1C=CC(=O)Nc1ccccc1N1CCN(S(C)(=O)=O)CC1. The van der Waals surface area contributed by atoms with Crippen molar-refractivity contribution in [3.05, 3.63) is 58.1 Å². The lowest BCUT2D eigenvalue weighted by molar-refractivity contribution is -0.111. The number of ether oxygens (including phenoxy) is 1. The van der Waals surface area contributed by atoms with E-state index in [0.29, 0.717) is 53.2 Å². The highest BCUT2D eigenvalue weighted by atomic mass is 35.5. The van der Waals surface area contributed by atoms with Gasteiger partial charge in [-0.25, -0.2) is 8.42 Å². The number of halogens is 2. The molecule has 2 aromatic rings. The number of nitrogens with zero attached hydrogens (tertiary/aromatic N) is 2. The zero-order chi connectivity index (χ0) is 22.6. The Hall–Kier alpha value is -2.26. The number of anilines is 2. The number of benzene rings is 2. The summed E-state index contributed by atoms with van der Waals surface area (Å²) in [5, 5.41) is 3.67. The number of carbonyl (C=O) groups is 1. The minimum atomic E-state index is -3.21. The zero-order valence-electron chi connectivity index (χ0n) is 17.1. The molecular formula is C21H23Cl2N3O4S. The molecule has 10 heteroatoms. The Labute approximate surface area is 192 Å². The summed E-state index contributed by atoms with van der Waals surface area (Å²) in [6.45, 7) is 1.87. The monoisotopic (exact) mass is 483 g/mol. The molecule has 3 rings (SSSR count). The van der Waals surface area contributed by atoms with Crippen LogP contribution in [0.4, 0.5) is 11.4 Å². The van der Waals surface area contributed by atoms with Gasteiger partial charge in [0.25, 0.3) is 0 Å². The van der Waals surface area contributed by atoms with Gasteiger partial charge < -0.3 is 15.0 Å². The van der Waals surface area contributed by atoms with Crippen LogP contribution >= 0.6 is 23.2 Å². The molecule has 0 aromatic heterocycles. The Bertz CT molecular complexity index is 1100. The third-order valence-electron chi connectivity index (χ3n) is 4.87. The quantitative estimate of drug-likeness (QED) is 0.633. The number of hydrogen-bond acceptors (Lipinski definition) is 5. The lowest BCUT2D eigenvalue weighted by atomic mass is 10.1. The van der Waals surface area contributed by atoms with E-state index in [2.05, 4.69) is 10.2 Å². The summed E-state index contributed by atoms with van der Waals surface area (Å²) in [7, 11) is -1.72. The van der Waals surface area contributed by atoms with Gasteiger partial charge in [-0.05, 0) is 30.3 Å². The van der Waals surface area contributed by atoms with Crippen molar-refractivity contribution >= 4 is 56.6 Å². The predicted molar refractivity (Wildman–Crippen MR) is 126 cm³/mol. The second-order valence-corrected chi connectivity index (χ2v) is 9.82. The summed E-state index contributed by atoms with van der Waals surface area (Å²) in [5.74, 6) is 0.0969. The second-order valence-electron chi connectivity index (χ2n) is 7.00. The van der Waals surface area contributed by atoms with E-state index in [1.807, 2.05) is 18.2 Å². The minimum Gasteiger partial charge on any atom is -0.495 e. The van der Waals surface area contributed by atoms with E-state index in [1.54, 1.807) is 24.3 Å². The first kappa shape index (κ1) is 23.4. The maximum atomic E-state index is 12.6. The van der Waals surface area contributed by atoms with Crippen LogP contribution in [0.3, 0.4) is 0 Å². The largest absolute Gasteiger partial charge is 0.495 e. The van der Waals surface area contributed by atoms with E-state index in [1.165, 1.54) is 23.7 Å². The smallest absolute Gasteiger partial charge is 0.248 e. The Morgan fingerprint density at radius 1 is 1.13 bits per heavy atom. The molecule has 1 N–H and O–H groups in total. The van der Waals surface area contributed by atoms with Gasteiger partial charge in [-0.1, -0.05) is 35.3 Å². The number of sulfonamides is 1. The highest BCUT2D eigenvalue weighted by Gasteiger charge is 2.24. The van der Waals surface area contributed by atoms with Crippen molar-refractivity contribution < 1.29 is 17.9 Å². The van der Waals surface area contributed by atoms with E-state index in [4.69, 9.17) is 27.9 Å². The first-order valence-corrected chi connectivity index (χ1v) is 12.1. The van der Waals surface area contributed by atoms with Gasteiger partial charge in [0.15, 0.2) is 0 Å². The molecule has 1 fully saturated rings. The predicted octanol–water partition coefficient (Wildman–Crippen LogP) is 3.74. The van der Waals surface area contributed by atoms with E-state index in [9.17, 15) is 13.2 Å². The number of hydrogen-bond donors (Lipinski definition) is 1. The number of para-hydroxylation sites is 2. The zero-order valence-corrected chi connectivity index (χ0v) is 19.5. The summed E-state index contributed by atoms with van der Waals surface area (Å²) in [4.78, 5) is 14.6. The van der Waals surface area contributed by atoms with Gasteiger partial charge in [-0.15, -0.1) is 0 Å². The standard InChI is InChI=1S/C21H23Cl2N3O4S/c1-30-21-15(13-16(22)14-17(21)23)7-8-20(27)24-18-5-3-4-6-19(18)25-9-11-26(12-10-25)31(2,28)29/h3-8,13-14H,9-12H2,1-2H3,(H,24,27). The molecule has 0 unspecified atom stereocenters. The Morgan fingerprint density at radius 3 is 2.45 bits per heavy atom. The molecule has 1 aliphatic rings. The van der Waals surface area contributed by atoms with Crippen LogP contribution in [0.5, 0.6) is 5.75 Å². The van der Waals surface area contributed by atoms with Gasteiger partial charge in [-0.3, -0.25) is 4.79 Å². The molecule has 0 bridgehead atoms. The average molecular weight is 484 g/mol. The van der Waals surface area contributed by atoms with Gasteiger partial charge in [0.2, 0.25) is 15.9 Å². The van der Waals surface area contributed by atoms with Crippen LogP contribution in [0.1, 0.15) is 5.56 Å². The Balaban J connectivity index is 1.73. The maximum Gasteiger partial charge on any atom is 0.248 e. The van der Waals surface area contributed by atoms with E-state index >= 15 is 0 Å². The van der Waals surface area contributed by atoms with Crippen LogP contribution in [0.2, 0.25) is 10.0 Å². The Morgan fingerprint density at radius 2 is 1.81 bits per heavy atom. The van der Waals surface area contributed by atoms with Gasteiger partial charge in [-0.2, -0.15) is 4.31 Å². The van der Waals surface area contributed by atoms with Gasteiger partial charge in [0.1, 0.15) is 5.75 Å². The summed E-state index contributed by atoms with van der Waals surface area (Å²) in [6, 6.07) is 10.6. The van der Waals surface area contributed by atoms with Crippen LogP contribution in [0, 0.1) is 0 Å². The molecule has 0 radical (unpaired) electrons. The molecular weight excluding hydrogens is 461 g/mol. The van der Waals surface area contributed by atoms with Crippen LogP contribution in [0.25, 0.3) is 6.08 Å². The lowest BCUT2D eigenvalue weighted by Gasteiger charge is -2.35. The fourth-order valence-electron chi connectivity index (χ4n) is 3.38. The number of amides is 1. The third kappa shape index (κ3) is 5.92. The molecule has 7 nitrogen and oxygen atoms in total. The molecule has 0 saturated carbocycles. The van der Waals surface area contributed by atoms with Crippen molar-refractivity contribution in [2.45, 2.75) is 0 Å². The van der Waals surface area contributed by atoms with Crippen LogP contribution in [0.15, 0.2) is 42.5 Å². The number of carbonyl (C=O) groups excluding carboxylic acids is 1. The van der Waals surface area contributed by atoms with Gasteiger partial charge >= 0.3 is 0 Å². The highest BCUT2D eigenvalue weighted by Crippen LogP contribution is 2.33. The van der Waals surface area contributed by atoms with Crippen LogP contribution in [-0.2, 0) is 14.8 Å². The van der Waals surface area contributed by atoms with Crippen molar-refractivity contribution in [2.24, 2.45) is 0 Å². The minimum absolute atomic E-state index is 0.333. The van der Waals surface area contributed by atoms with Gasteiger partial charge in [0, 0.05) is 42.8 Å². The average Bonchev–Trinajstić information content (AvgIpc) is 2.72. The lowest BCUT2D eigenvalue weighted by Crippen LogP contribution is -2.48. The van der Waals surface area contributed by atoms with Crippen molar-refractivity contribution in [3.8, 4) is 5.75 Å². The summed E-state index contributed by atoms with van der Waals surface area (Å²) >= 11 is 12.2. The van der Waals surface area contributed by atoms with Crippen molar-refractivity contribution in [2.75, 3.05) is 49.8 Å². The molecule has 31 heavy (non-hydrogen) atoms. The van der Waals surface area contributed by atoms with Crippen molar-refractivity contribution in [3.63, 3.8) is 0 Å². The number of nitrogens with one attached hydrogen (secondary N) is 1. The number of rotatable bonds is 6. The van der Waals surface area contributed by atoms with Crippen LogP contribution < -0.4 is 15.0 Å². The van der Waals surface area contributed by atoms with Gasteiger partial charge in [0.05, 0.1) is 29.8 Å². The molecule has 166 valence electrons. The number of piperazine rings is 1. The van der Waals surface area contributed by atoms with E-state index < -0.39 is 10.0 Å². The molecule has 1 amide bonds. The molecule has 0 aliphatic carbocycles. The fourth-order valence-corrected chi connectivity index (χ4v) is 4.79. The third-order valence-corrected chi connectivity index (χ3v) is 6.67. The summed E-state index contributed by atoms with van der Waals surface area (Å²) in [5.41, 5.74) is 2.06. The Kier molecular flexibility index (Phi) is 7.48. The maximum absolute atomic E-state index is 12.6. The molecule has 0 atom stereocenters.